The standard InChI is InChI=1S/C6H8O3S.K/c7-10(8,9)6-4-2-1-3-5-6;/h1-2,5H,3-4H2,(H,7,8,9);/q;+1/p-1. The Hall–Kier alpha value is 1.03. The summed E-state index contributed by atoms with van der Waals surface area (Å²) in [4.78, 5) is -0.00463. The molecule has 0 radical (unpaired) electrons. The van der Waals surface area contributed by atoms with Gasteiger partial charge in [-0.3, -0.25) is 0 Å². The zero-order valence-corrected chi connectivity index (χ0v) is 10.2. The average Bonchev–Trinajstić information content (AvgIpc) is 1.88. The second kappa shape index (κ2) is 4.91. The van der Waals surface area contributed by atoms with Crippen LogP contribution in [0.1, 0.15) is 12.8 Å². The van der Waals surface area contributed by atoms with Gasteiger partial charge in [-0.1, -0.05) is 18.2 Å². The van der Waals surface area contributed by atoms with Gasteiger partial charge in [0, 0.05) is 4.91 Å². The quantitative estimate of drug-likeness (QED) is 0.272. The minimum absolute atomic E-state index is 0. The molecular weight excluding hydrogens is 191 g/mol. The van der Waals surface area contributed by atoms with E-state index in [0.29, 0.717) is 6.42 Å². The number of hydrogen-bond acceptors (Lipinski definition) is 3. The molecule has 0 saturated heterocycles. The molecule has 0 spiro atoms. The first kappa shape index (κ1) is 12.0. The summed E-state index contributed by atoms with van der Waals surface area (Å²) in [6.07, 6.45) is 5.77. The molecule has 5 heteroatoms. The van der Waals surface area contributed by atoms with Crippen molar-refractivity contribution in [3.05, 3.63) is 23.1 Å². The molecule has 11 heavy (non-hydrogen) atoms. The molecule has 0 saturated carbocycles. The van der Waals surface area contributed by atoms with Crippen molar-refractivity contribution in [1.82, 2.24) is 0 Å². The van der Waals surface area contributed by atoms with Crippen molar-refractivity contribution in [3.8, 4) is 0 Å². The molecule has 0 aromatic rings. The predicted octanol–water partition coefficient (Wildman–Crippen LogP) is -2.23. The molecule has 0 atom stereocenters. The van der Waals surface area contributed by atoms with Gasteiger partial charge >= 0.3 is 51.4 Å². The van der Waals surface area contributed by atoms with Crippen molar-refractivity contribution in [2.45, 2.75) is 12.8 Å². The molecule has 0 aromatic heterocycles. The maximum Gasteiger partial charge on any atom is 1.00 e. The SMILES string of the molecule is O=S(=O)([O-])C1=CCC=CC1.[K+]. The van der Waals surface area contributed by atoms with E-state index in [9.17, 15) is 13.0 Å². The van der Waals surface area contributed by atoms with Crippen LogP contribution in [0, 0.1) is 0 Å². The Morgan fingerprint density at radius 3 is 2.27 bits per heavy atom. The molecule has 1 rings (SSSR count). The first-order valence-electron chi connectivity index (χ1n) is 2.90. The molecule has 0 aliphatic heterocycles. The fourth-order valence-electron chi connectivity index (χ4n) is 0.783. The predicted molar refractivity (Wildman–Crippen MR) is 36.2 cm³/mol. The maximum atomic E-state index is 10.3. The first-order valence-corrected chi connectivity index (χ1v) is 4.31. The van der Waals surface area contributed by atoms with E-state index in [1.54, 1.807) is 6.08 Å². The number of hydrogen-bond donors (Lipinski definition) is 0. The van der Waals surface area contributed by atoms with E-state index in [-0.39, 0.29) is 62.7 Å². The van der Waals surface area contributed by atoms with Crippen LogP contribution in [-0.4, -0.2) is 13.0 Å². The summed E-state index contributed by atoms with van der Waals surface area (Å²) in [5.74, 6) is 0. The van der Waals surface area contributed by atoms with Gasteiger partial charge in [-0.15, -0.1) is 0 Å². The van der Waals surface area contributed by atoms with Crippen molar-refractivity contribution in [3.63, 3.8) is 0 Å². The molecule has 3 nitrogen and oxygen atoms in total. The third kappa shape index (κ3) is 3.98. The smallest absolute Gasteiger partial charge is 0.744 e. The second-order valence-electron chi connectivity index (χ2n) is 2.04. The summed E-state index contributed by atoms with van der Waals surface area (Å²) >= 11 is 0. The summed E-state index contributed by atoms with van der Waals surface area (Å²) < 4.78 is 31.0. The summed E-state index contributed by atoms with van der Waals surface area (Å²) in [6.45, 7) is 0. The van der Waals surface area contributed by atoms with Gasteiger partial charge in [0.25, 0.3) is 0 Å². The van der Waals surface area contributed by atoms with Crippen LogP contribution in [0.2, 0.25) is 0 Å². The minimum atomic E-state index is -4.17. The van der Waals surface area contributed by atoms with Crippen molar-refractivity contribution < 1.29 is 64.4 Å². The third-order valence-electron chi connectivity index (χ3n) is 1.29. The van der Waals surface area contributed by atoms with Crippen molar-refractivity contribution >= 4 is 10.1 Å². The van der Waals surface area contributed by atoms with E-state index in [1.807, 2.05) is 6.08 Å². The molecule has 0 unspecified atom stereocenters. The zero-order chi connectivity index (χ0) is 7.61. The monoisotopic (exact) mass is 198 g/mol. The van der Waals surface area contributed by atoms with Crippen molar-refractivity contribution in [2.75, 3.05) is 0 Å². The van der Waals surface area contributed by atoms with Crippen LogP contribution < -0.4 is 51.4 Å². The van der Waals surface area contributed by atoms with E-state index < -0.39 is 10.1 Å². The molecule has 0 amide bonds. The van der Waals surface area contributed by atoms with E-state index in [4.69, 9.17) is 0 Å². The van der Waals surface area contributed by atoms with Gasteiger partial charge in [0.2, 0.25) is 0 Å². The summed E-state index contributed by atoms with van der Waals surface area (Å²) in [5.41, 5.74) is 0. The van der Waals surface area contributed by atoms with Crippen molar-refractivity contribution in [1.29, 1.82) is 0 Å². The Kier molecular flexibility index (Phi) is 5.37. The Labute approximate surface area is 109 Å². The van der Waals surface area contributed by atoms with Crippen LogP contribution in [0.25, 0.3) is 0 Å². The normalized spacial score (nSPS) is 17.0. The van der Waals surface area contributed by atoms with Crippen LogP contribution in [-0.2, 0) is 10.1 Å². The van der Waals surface area contributed by atoms with Crippen LogP contribution in [0.4, 0.5) is 0 Å². The largest absolute Gasteiger partial charge is 1.00 e. The molecule has 0 bridgehead atoms. The van der Waals surface area contributed by atoms with Crippen LogP contribution in [0.3, 0.4) is 0 Å². The van der Waals surface area contributed by atoms with E-state index >= 15 is 0 Å². The zero-order valence-electron chi connectivity index (χ0n) is 6.28. The van der Waals surface area contributed by atoms with Gasteiger partial charge in [-0.25, -0.2) is 8.42 Å². The van der Waals surface area contributed by atoms with Crippen LogP contribution >= 0.6 is 0 Å². The summed E-state index contributed by atoms with van der Waals surface area (Å²) in [5, 5.41) is 0. The fraction of sp³-hybridized carbons (Fsp3) is 0.333. The Morgan fingerprint density at radius 2 is 2.00 bits per heavy atom. The molecule has 1 aliphatic carbocycles. The molecule has 0 fully saturated rings. The van der Waals surface area contributed by atoms with Gasteiger partial charge in [0.1, 0.15) is 10.1 Å². The van der Waals surface area contributed by atoms with Crippen LogP contribution in [0.15, 0.2) is 23.1 Å². The second-order valence-corrected chi connectivity index (χ2v) is 3.47. The molecule has 0 N–H and O–H groups in total. The van der Waals surface area contributed by atoms with Gasteiger partial charge in [-0.2, -0.15) is 0 Å². The minimum Gasteiger partial charge on any atom is -0.744 e. The fourth-order valence-corrected chi connectivity index (χ4v) is 1.38. The molecule has 0 aromatic carbocycles. The van der Waals surface area contributed by atoms with Gasteiger partial charge in [0.15, 0.2) is 0 Å². The van der Waals surface area contributed by atoms with Crippen molar-refractivity contribution in [2.24, 2.45) is 0 Å². The molecule has 56 valence electrons. The van der Waals surface area contributed by atoms with Gasteiger partial charge in [0.05, 0.1) is 0 Å². The van der Waals surface area contributed by atoms with Gasteiger partial charge in [-0.05, 0) is 12.8 Å². The Bertz CT molecular complexity index is 276. The summed E-state index contributed by atoms with van der Waals surface area (Å²) in [6, 6.07) is 0. The third-order valence-corrected chi connectivity index (χ3v) is 2.26. The molecule has 1 aliphatic rings. The first-order chi connectivity index (χ1) is 4.61. The van der Waals surface area contributed by atoms with Gasteiger partial charge < -0.3 is 4.55 Å². The van der Waals surface area contributed by atoms with Crippen LogP contribution in [0.5, 0.6) is 0 Å². The Morgan fingerprint density at radius 1 is 1.36 bits per heavy atom. The van der Waals surface area contributed by atoms with E-state index in [1.165, 1.54) is 6.08 Å². The molecule has 0 heterocycles. The molecular formula is C6H7KO3S. The number of rotatable bonds is 1. The maximum absolute atomic E-state index is 10.3. The van der Waals surface area contributed by atoms with E-state index in [0.717, 1.165) is 0 Å². The average molecular weight is 198 g/mol. The number of allylic oxidation sites excluding steroid dienone is 4. The topological polar surface area (TPSA) is 57.2 Å². The Balaban J connectivity index is 0.000001000. The summed E-state index contributed by atoms with van der Waals surface area (Å²) in [7, 11) is -4.17. The van der Waals surface area contributed by atoms with E-state index in [2.05, 4.69) is 0 Å².